The van der Waals surface area contributed by atoms with E-state index in [1.807, 2.05) is 0 Å². The van der Waals surface area contributed by atoms with E-state index in [2.05, 4.69) is 29.1 Å². The number of nitrogens with zero attached hydrogens (tertiary/aromatic N) is 2. The van der Waals surface area contributed by atoms with Crippen LogP contribution in [0.25, 0.3) is 10.2 Å². The van der Waals surface area contributed by atoms with Crippen molar-refractivity contribution in [3.8, 4) is 0 Å². The van der Waals surface area contributed by atoms with Crippen molar-refractivity contribution in [3.05, 3.63) is 16.8 Å². The molecule has 0 aromatic carbocycles. The number of fused-ring (bicyclic) bond motifs is 1. The van der Waals surface area contributed by atoms with Crippen LogP contribution < -0.4 is 5.32 Å². The zero-order valence-electron chi connectivity index (χ0n) is 11.3. The lowest BCUT2D eigenvalue weighted by molar-refractivity contribution is 0.126. The quantitative estimate of drug-likeness (QED) is 0.886. The highest BCUT2D eigenvalue weighted by atomic mass is 32.1. The molecule has 0 unspecified atom stereocenters. The van der Waals surface area contributed by atoms with Crippen LogP contribution in [-0.2, 0) is 0 Å². The van der Waals surface area contributed by atoms with Crippen LogP contribution >= 0.6 is 11.3 Å². The van der Waals surface area contributed by atoms with Gasteiger partial charge in [0.2, 0.25) is 0 Å². The van der Waals surface area contributed by atoms with E-state index in [4.69, 9.17) is 0 Å². The number of rotatable bonds is 2. The van der Waals surface area contributed by atoms with Gasteiger partial charge in [0.1, 0.15) is 17.0 Å². The fraction of sp³-hybridized carbons (Fsp3) is 0.571. The summed E-state index contributed by atoms with van der Waals surface area (Å²) in [7, 11) is 0. The Balaban J connectivity index is 1.88. The molecule has 1 aliphatic rings. The van der Waals surface area contributed by atoms with Gasteiger partial charge in [-0.05, 0) is 45.1 Å². The number of hydrogen-bond acceptors (Lipinski definition) is 5. The SMILES string of the molecule is Cc1sc2ncnc(NC3CCC(O)CC3)c2c1C. The van der Waals surface area contributed by atoms with E-state index in [0.29, 0.717) is 6.04 Å². The third-order valence-electron chi connectivity index (χ3n) is 4.00. The van der Waals surface area contributed by atoms with Crippen molar-refractivity contribution in [3.63, 3.8) is 0 Å². The molecule has 4 nitrogen and oxygen atoms in total. The number of nitrogens with one attached hydrogen (secondary N) is 1. The minimum Gasteiger partial charge on any atom is -0.393 e. The van der Waals surface area contributed by atoms with Gasteiger partial charge in [0, 0.05) is 10.9 Å². The monoisotopic (exact) mass is 277 g/mol. The van der Waals surface area contributed by atoms with Gasteiger partial charge in [0.05, 0.1) is 11.5 Å². The van der Waals surface area contributed by atoms with Crippen LogP contribution in [0.5, 0.6) is 0 Å². The van der Waals surface area contributed by atoms with Gasteiger partial charge in [0.15, 0.2) is 0 Å². The van der Waals surface area contributed by atoms with Crippen LogP contribution in [0.1, 0.15) is 36.1 Å². The maximum atomic E-state index is 9.56. The van der Waals surface area contributed by atoms with E-state index in [0.717, 1.165) is 41.7 Å². The molecule has 0 saturated heterocycles. The first-order chi connectivity index (χ1) is 9.15. The molecule has 0 atom stereocenters. The number of thiophene rings is 1. The van der Waals surface area contributed by atoms with Gasteiger partial charge < -0.3 is 10.4 Å². The highest BCUT2D eigenvalue weighted by Crippen LogP contribution is 2.33. The van der Waals surface area contributed by atoms with E-state index in [-0.39, 0.29) is 6.10 Å². The van der Waals surface area contributed by atoms with Gasteiger partial charge in [-0.15, -0.1) is 11.3 Å². The maximum Gasteiger partial charge on any atom is 0.138 e. The summed E-state index contributed by atoms with van der Waals surface area (Å²) in [4.78, 5) is 11.1. The Hall–Kier alpha value is -1.20. The molecule has 2 heterocycles. The summed E-state index contributed by atoms with van der Waals surface area (Å²) in [5.74, 6) is 0.952. The normalized spacial score (nSPS) is 23.7. The van der Waals surface area contributed by atoms with Crippen molar-refractivity contribution in [2.45, 2.75) is 51.7 Å². The molecule has 0 bridgehead atoms. The lowest BCUT2D eigenvalue weighted by Gasteiger charge is -2.26. The Morgan fingerprint density at radius 1 is 1.21 bits per heavy atom. The van der Waals surface area contributed by atoms with Crippen molar-refractivity contribution >= 4 is 27.4 Å². The molecule has 2 N–H and O–H groups in total. The molecule has 19 heavy (non-hydrogen) atoms. The Labute approximate surface area is 116 Å². The summed E-state index contributed by atoms with van der Waals surface area (Å²) in [6.45, 7) is 4.26. The van der Waals surface area contributed by atoms with Crippen molar-refractivity contribution in [1.29, 1.82) is 0 Å². The van der Waals surface area contributed by atoms with Crippen molar-refractivity contribution < 1.29 is 5.11 Å². The highest BCUT2D eigenvalue weighted by Gasteiger charge is 2.21. The molecule has 2 aromatic rings. The molecule has 1 saturated carbocycles. The second-order valence-corrected chi connectivity index (χ2v) is 6.54. The first kappa shape index (κ1) is 12.8. The van der Waals surface area contributed by atoms with Crippen LogP contribution in [-0.4, -0.2) is 27.2 Å². The van der Waals surface area contributed by atoms with E-state index in [1.54, 1.807) is 17.7 Å². The lowest BCUT2D eigenvalue weighted by Crippen LogP contribution is -2.28. The Morgan fingerprint density at radius 2 is 1.95 bits per heavy atom. The smallest absolute Gasteiger partial charge is 0.138 e. The fourth-order valence-electron chi connectivity index (χ4n) is 2.71. The number of aliphatic hydroxyl groups is 1. The van der Waals surface area contributed by atoms with E-state index >= 15 is 0 Å². The van der Waals surface area contributed by atoms with Gasteiger partial charge in [-0.2, -0.15) is 0 Å². The third-order valence-corrected chi connectivity index (χ3v) is 5.12. The topological polar surface area (TPSA) is 58.0 Å². The minimum absolute atomic E-state index is 0.117. The molecule has 5 heteroatoms. The molecule has 0 spiro atoms. The first-order valence-corrected chi connectivity index (χ1v) is 7.62. The number of anilines is 1. The van der Waals surface area contributed by atoms with Crippen LogP contribution in [0, 0.1) is 13.8 Å². The van der Waals surface area contributed by atoms with Gasteiger partial charge in [-0.1, -0.05) is 0 Å². The summed E-state index contributed by atoms with van der Waals surface area (Å²) in [6, 6.07) is 0.418. The summed E-state index contributed by atoms with van der Waals surface area (Å²) < 4.78 is 0. The summed E-state index contributed by atoms with van der Waals surface area (Å²) in [5.41, 5.74) is 1.28. The van der Waals surface area contributed by atoms with E-state index in [9.17, 15) is 5.11 Å². The Morgan fingerprint density at radius 3 is 2.68 bits per heavy atom. The predicted octanol–water partition coefficient (Wildman–Crippen LogP) is 3.02. The zero-order chi connectivity index (χ0) is 13.4. The molecule has 1 aliphatic carbocycles. The molecule has 3 rings (SSSR count). The van der Waals surface area contributed by atoms with Gasteiger partial charge >= 0.3 is 0 Å². The van der Waals surface area contributed by atoms with Crippen LogP contribution in [0.3, 0.4) is 0 Å². The third kappa shape index (κ3) is 2.44. The zero-order valence-corrected chi connectivity index (χ0v) is 12.1. The highest BCUT2D eigenvalue weighted by molar-refractivity contribution is 7.18. The molecule has 0 aliphatic heterocycles. The molecule has 0 amide bonds. The maximum absolute atomic E-state index is 9.56. The number of aliphatic hydroxyl groups excluding tert-OH is 1. The Bertz CT molecular complexity index is 588. The van der Waals surface area contributed by atoms with Crippen LogP contribution in [0.15, 0.2) is 6.33 Å². The number of aryl methyl sites for hydroxylation is 2. The minimum atomic E-state index is -0.117. The van der Waals surface area contributed by atoms with Gasteiger partial charge in [0.25, 0.3) is 0 Å². The lowest BCUT2D eigenvalue weighted by atomic mass is 9.93. The molecule has 1 fully saturated rings. The number of hydrogen-bond donors (Lipinski definition) is 2. The van der Waals surface area contributed by atoms with Crippen molar-refractivity contribution in [1.82, 2.24) is 9.97 Å². The predicted molar refractivity (Wildman–Crippen MR) is 78.8 cm³/mol. The van der Waals surface area contributed by atoms with E-state index in [1.165, 1.54) is 10.4 Å². The van der Waals surface area contributed by atoms with Gasteiger partial charge in [-0.3, -0.25) is 0 Å². The fourth-order valence-corrected chi connectivity index (χ4v) is 3.70. The molecule has 0 radical (unpaired) electrons. The average Bonchev–Trinajstić information content (AvgIpc) is 2.69. The summed E-state index contributed by atoms with van der Waals surface area (Å²) >= 11 is 1.72. The summed E-state index contributed by atoms with van der Waals surface area (Å²) in [5, 5.41) is 14.3. The second-order valence-electron chi connectivity index (χ2n) is 5.34. The standard InChI is InChI=1S/C14H19N3OS/c1-8-9(2)19-14-12(8)13(15-7-16-14)17-10-3-5-11(18)6-4-10/h7,10-11,18H,3-6H2,1-2H3,(H,15,16,17). The molecular weight excluding hydrogens is 258 g/mol. The first-order valence-electron chi connectivity index (χ1n) is 6.80. The molecule has 102 valence electrons. The van der Waals surface area contributed by atoms with Crippen molar-refractivity contribution in [2.75, 3.05) is 5.32 Å². The largest absolute Gasteiger partial charge is 0.393 e. The average molecular weight is 277 g/mol. The summed E-state index contributed by atoms with van der Waals surface area (Å²) in [6.07, 6.45) is 5.30. The Kier molecular flexibility index (Phi) is 3.41. The molecular formula is C14H19N3OS. The van der Waals surface area contributed by atoms with Crippen LogP contribution in [0.2, 0.25) is 0 Å². The van der Waals surface area contributed by atoms with E-state index < -0.39 is 0 Å². The number of aromatic nitrogens is 2. The van der Waals surface area contributed by atoms with Crippen LogP contribution in [0.4, 0.5) is 5.82 Å². The van der Waals surface area contributed by atoms with Gasteiger partial charge in [-0.25, -0.2) is 9.97 Å². The van der Waals surface area contributed by atoms with Crippen molar-refractivity contribution in [2.24, 2.45) is 0 Å². The molecule has 2 aromatic heterocycles. The second kappa shape index (κ2) is 5.06.